The van der Waals surface area contributed by atoms with Crippen molar-refractivity contribution < 1.29 is 9.84 Å². The Labute approximate surface area is 110 Å². The molecule has 0 spiro atoms. The Kier molecular flexibility index (Phi) is 7.85. The summed E-state index contributed by atoms with van der Waals surface area (Å²) >= 11 is 0. The molecule has 0 aromatic heterocycles. The lowest BCUT2D eigenvalue weighted by Gasteiger charge is -2.08. The Morgan fingerprint density at radius 2 is 2.06 bits per heavy atom. The van der Waals surface area contributed by atoms with Gasteiger partial charge < -0.3 is 9.84 Å². The number of ether oxygens (including phenoxy) is 1. The number of aliphatic hydroxyl groups is 1. The van der Waals surface area contributed by atoms with E-state index in [1.165, 1.54) is 5.56 Å². The lowest BCUT2D eigenvalue weighted by atomic mass is 10.1. The van der Waals surface area contributed by atoms with E-state index in [0.29, 0.717) is 19.6 Å². The Hall–Kier alpha value is -1.38. The molecule has 0 saturated carbocycles. The fourth-order valence-corrected chi connectivity index (χ4v) is 1.64. The number of aliphatic hydroxyl groups excluding tert-OH is 1. The molecule has 0 saturated heterocycles. The SMILES string of the molecule is C=C/C=C\CC(O)CCCOCc1ccccc1. The van der Waals surface area contributed by atoms with Gasteiger partial charge in [0.2, 0.25) is 0 Å². The molecule has 0 heterocycles. The van der Waals surface area contributed by atoms with E-state index in [2.05, 4.69) is 18.7 Å². The van der Waals surface area contributed by atoms with Crippen LogP contribution in [-0.4, -0.2) is 17.8 Å². The number of hydrogen-bond donors (Lipinski definition) is 1. The second-order valence-corrected chi connectivity index (χ2v) is 4.23. The minimum absolute atomic E-state index is 0.276. The third kappa shape index (κ3) is 7.05. The molecule has 1 unspecified atom stereocenters. The normalized spacial score (nSPS) is 12.7. The first-order valence-corrected chi connectivity index (χ1v) is 6.40. The molecule has 0 aliphatic rings. The first-order chi connectivity index (χ1) is 8.83. The summed E-state index contributed by atoms with van der Waals surface area (Å²) in [5.74, 6) is 0. The van der Waals surface area contributed by atoms with Crippen molar-refractivity contribution in [1.82, 2.24) is 0 Å². The Morgan fingerprint density at radius 1 is 1.28 bits per heavy atom. The van der Waals surface area contributed by atoms with E-state index in [1.807, 2.05) is 30.4 Å². The predicted molar refractivity (Wildman–Crippen MR) is 75.3 cm³/mol. The van der Waals surface area contributed by atoms with Gasteiger partial charge in [-0.15, -0.1) is 0 Å². The molecule has 98 valence electrons. The molecule has 1 aromatic rings. The topological polar surface area (TPSA) is 29.5 Å². The summed E-state index contributed by atoms with van der Waals surface area (Å²) in [7, 11) is 0. The molecule has 0 amide bonds. The minimum atomic E-state index is -0.276. The van der Waals surface area contributed by atoms with Crippen LogP contribution in [0, 0.1) is 0 Å². The second-order valence-electron chi connectivity index (χ2n) is 4.23. The maximum atomic E-state index is 9.65. The highest BCUT2D eigenvalue weighted by molar-refractivity contribution is 5.13. The van der Waals surface area contributed by atoms with Crippen molar-refractivity contribution in [3.63, 3.8) is 0 Å². The third-order valence-corrected chi connectivity index (χ3v) is 2.62. The molecular formula is C16H22O2. The van der Waals surface area contributed by atoms with Crippen LogP contribution in [0.1, 0.15) is 24.8 Å². The largest absolute Gasteiger partial charge is 0.393 e. The van der Waals surface area contributed by atoms with E-state index >= 15 is 0 Å². The van der Waals surface area contributed by atoms with Crippen LogP contribution in [-0.2, 0) is 11.3 Å². The molecule has 1 rings (SSSR count). The van der Waals surface area contributed by atoms with Crippen LogP contribution >= 0.6 is 0 Å². The van der Waals surface area contributed by atoms with Crippen LogP contribution in [0.15, 0.2) is 55.1 Å². The van der Waals surface area contributed by atoms with Gasteiger partial charge in [-0.2, -0.15) is 0 Å². The van der Waals surface area contributed by atoms with Gasteiger partial charge in [0, 0.05) is 6.61 Å². The summed E-state index contributed by atoms with van der Waals surface area (Å²) in [4.78, 5) is 0. The molecule has 1 N–H and O–H groups in total. The average Bonchev–Trinajstić information content (AvgIpc) is 2.40. The molecule has 2 heteroatoms. The van der Waals surface area contributed by atoms with E-state index in [4.69, 9.17) is 4.74 Å². The van der Waals surface area contributed by atoms with E-state index in [9.17, 15) is 5.11 Å². The highest BCUT2D eigenvalue weighted by Gasteiger charge is 2.01. The van der Waals surface area contributed by atoms with Gasteiger partial charge in [0.25, 0.3) is 0 Å². The van der Waals surface area contributed by atoms with Gasteiger partial charge in [-0.25, -0.2) is 0 Å². The third-order valence-electron chi connectivity index (χ3n) is 2.62. The van der Waals surface area contributed by atoms with E-state index in [1.54, 1.807) is 6.08 Å². The maximum absolute atomic E-state index is 9.65. The van der Waals surface area contributed by atoms with Crippen molar-refractivity contribution in [2.24, 2.45) is 0 Å². The van der Waals surface area contributed by atoms with Crippen molar-refractivity contribution in [3.8, 4) is 0 Å². The fourth-order valence-electron chi connectivity index (χ4n) is 1.64. The van der Waals surface area contributed by atoms with Crippen molar-refractivity contribution in [2.75, 3.05) is 6.61 Å². The molecule has 2 nitrogen and oxygen atoms in total. The lowest BCUT2D eigenvalue weighted by molar-refractivity contribution is 0.0979. The first-order valence-electron chi connectivity index (χ1n) is 6.40. The highest BCUT2D eigenvalue weighted by Crippen LogP contribution is 2.05. The van der Waals surface area contributed by atoms with E-state index in [0.717, 1.165) is 12.8 Å². The van der Waals surface area contributed by atoms with Crippen molar-refractivity contribution >= 4 is 0 Å². The molecular weight excluding hydrogens is 224 g/mol. The monoisotopic (exact) mass is 246 g/mol. The van der Waals surface area contributed by atoms with Crippen LogP contribution in [0.25, 0.3) is 0 Å². The molecule has 0 fully saturated rings. The van der Waals surface area contributed by atoms with Crippen LogP contribution in [0.3, 0.4) is 0 Å². The number of benzene rings is 1. The summed E-state index contributed by atoms with van der Waals surface area (Å²) in [6.07, 6.45) is 7.58. The van der Waals surface area contributed by atoms with Crippen molar-refractivity contribution in [1.29, 1.82) is 0 Å². The number of hydrogen-bond acceptors (Lipinski definition) is 2. The lowest BCUT2D eigenvalue weighted by Crippen LogP contribution is -2.06. The summed E-state index contributed by atoms with van der Waals surface area (Å²) in [5, 5.41) is 9.65. The van der Waals surface area contributed by atoms with Crippen LogP contribution in [0.4, 0.5) is 0 Å². The van der Waals surface area contributed by atoms with Crippen LogP contribution in [0.5, 0.6) is 0 Å². The van der Waals surface area contributed by atoms with Gasteiger partial charge in [0.05, 0.1) is 12.7 Å². The first kappa shape index (κ1) is 14.7. The van der Waals surface area contributed by atoms with Gasteiger partial charge in [-0.05, 0) is 24.8 Å². The average molecular weight is 246 g/mol. The molecule has 0 aliphatic carbocycles. The molecule has 0 aliphatic heterocycles. The molecule has 0 radical (unpaired) electrons. The zero-order valence-corrected chi connectivity index (χ0v) is 10.8. The standard InChI is InChI=1S/C16H22O2/c1-2-3-5-11-16(17)12-8-13-18-14-15-9-6-4-7-10-15/h2-7,9-10,16-17H,1,8,11-14H2/b5-3-. The zero-order chi connectivity index (χ0) is 13.1. The summed E-state index contributed by atoms with van der Waals surface area (Å²) in [6, 6.07) is 10.1. The van der Waals surface area contributed by atoms with Gasteiger partial charge in [0.1, 0.15) is 0 Å². The van der Waals surface area contributed by atoms with Gasteiger partial charge in [0.15, 0.2) is 0 Å². The van der Waals surface area contributed by atoms with Gasteiger partial charge in [-0.1, -0.05) is 55.1 Å². The smallest absolute Gasteiger partial charge is 0.0716 e. The zero-order valence-electron chi connectivity index (χ0n) is 10.8. The van der Waals surface area contributed by atoms with Crippen LogP contribution < -0.4 is 0 Å². The molecule has 1 atom stereocenters. The van der Waals surface area contributed by atoms with E-state index < -0.39 is 0 Å². The number of rotatable bonds is 9. The molecule has 0 bridgehead atoms. The highest BCUT2D eigenvalue weighted by atomic mass is 16.5. The van der Waals surface area contributed by atoms with Gasteiger partial charge >= 0.3 is 0 Å². The quantitative estimate of drug-likeness (QED) is 0.534. The minimum Gasteiger partial charge on any atom is -0.393 e. The summed E-state index contributed by atoms with van der Waals surface area (Å²) < 4.78 is 5.55. The van der Waals surface area contributed by atoms with Crippen molar-refractivity contribution in [2.45, 2.75) is 32.0 Å². The summed E-state index contributed by atoms with van der Waals surface area (Å²) in [6.45, 7) is 4.92. The Balaban J connectivity index is 2.01. The van der Waals surface area contributed by atoms with Gasteiger partial charge in [-0.3, -0.25) is 0 Å². The second kappa shape index (κ2) is 9.63. The molecule has 18 heavy (non-hydrogen) atoms. The Morgan fingerprint density at radius 3 is 2.78 bits per heavy atom. The van der Waals surface area contributed by atoms with Crippen molar-refractivity contribution in [3.05, 3.63) is 60.7 Å². The Bertz CT molecular complexity index is 343. The maximum Gasteiger partial charge on any atom is 0.0716 e. The van der Waals surface area contributed by atoms with E-state index in [-0.39, 0.29) is 6.10 Å². The summed E-state index contributed by atoms with van der Waals surface area (Å²) in [5.41, 5.74) is 1.19. The van der Waals surface area contributed by atoms with Crippen LogP contribution in [0.2, 0.25) is 0 Å². The number of allylic oxidation sites excluding steroid dienone is 2. The predicted octanol–water partition coefficient (Wildman–Crippen LogP) is 3.48. The fraction of sp³-hybridized carbons (Fsp3) is 0.375. The molecule has 1 aromatic carbocycles.